The number of pyridine rings is 1. The minimum Gasteiger partial charge on any atom is -0.296 e. The Balaban J connectivity index is 2.48. The third-order valence-electron chi connectivity index (χ3n) is 2.07. The number of nitrogens with zero attached hydrogens (tertiary/aromatic N) is 1. The predicted molar refractivity (Wildman–Crippen MR) is 41.6 cm³/mol. The van der Waals surface area contributed by atoms with Gasteiger partial charge in [0.1, 0.15) is 5.69 Å². The molecule has 56 valence electrons. The van der Waals surface area contributed by atoms with Crippen LogP contribution in [-0.2, 0) is 12.8 Å². The molecule has 0 radical (unpaired) electrons. The van der Waals surface area contributed by atoms with Gasteiger partial charge in [-0.15, -0.1) is 0 Å². The first-order chi connectivity index (χ1) is 5.40. The van der Waals surface area contributed by atoms with Crippen molar-refractivity contribution in [2.75, 3.05) is 0 Å². The number of aryl methyl sites for hydroxylation is 2. The largest absolute Gasteiger partial charge is 0.296 e. The molecular weight excluding hydrogens is 138 g/mol. The van der Waals surface area contributed by atoms with E-state index < -0.39 is 0 Å². The van der Waals surface area contributed by atoms with Crippen LogP contribution >= 0.6 is 0 Å². The monoisotopic (exact) mass is 147 g/mol. The Morgan fingerprint density at radius 3 is 3.09 bits per heavy atom. The van der Waals surface area contributed by atoms with Crippen LogP contribution in [0, 0.1) is 0 Å². The highest BCUT2D eigenvalue weighted by Crippen LogP contribution is 2.19. The smallest absolute Gasteiger partial charge is 0.168 e. The first-order valence-electron chi connectivity index (χ1n) is 3.84. The Kier molecular flexibility index (Phi) is 1.46. The molecular formula is C9H9NO. The van der Waals surface area contributed by atoms with Crippen LogP contribution in [0.4, 0.5) is 0 Å². The van der Waals surface area contributed by atoms with Crippen molar-refractivity contribution >= 4 is 6.29 Å². The first kappa shape index (κ1) is 6.53. The van der Waals surface area contributed by atoms with Gasteiger partial charge in [-0.25, -0.2) is 4.98 Å². The van der Waals surface area contributed by atoms with E-state index in [9.17, 15) is 4.79 Å². The molecule has 1 aromatic heterocycles. The SMILES string of the molecule is O=Cc1ccc2c(n1)CCC2. The standard InChI is InChI=1S/C9H9NO/c11-6-8-5-4-7-2-1-3-9(7)10-8/h4-6H,1-3H2. The minimum absolute atomic E-state index is 0.561. The number of rotatable bonds is 1. The van der Waals surface area contributed by atoms with Crippen LogP contribution in [-0.4, -0.2) is 11.3 Å². The summed E-state index contributed by atoms with van der Waals surface area (Å²) in [6, 6.07) is 3.80. The van der Waals surface area contributed by atoms with E-state index >= 15 is 0 Å². The fraction of sp³-hybridized carbons (Fsp3) is 0.333. The Labute approximate surface area is 65.3 Å². The Bertz CT molecular complexity index is 294. The lowest BCUT2D eigenvalue weighted by Gasteiger charge is -1.96. The Morgan fingerprint density at radius 1 is 1.36 bits per heavy atom. The molecule has 0 amide bonds. The maximum absolute atomic E-state index is 10.3. The van der Waals surface area contributed by atoms with Gasteiger partial charge in [0.15, 0.2) is 6.29 Å². The van der Waals surface area contributed by atoms with Crippen molar-refractivity contribution in [2.45, 2.75) is 19.3 Å². The fourth-order valence-corrected chi connectivity index (χ4v) is 1.50. The van der Waals surface area contributed by atoms with Gasteiger partial charge in [0.25, 0.3) is 0 Å². The highest BCUT2D eigenvalue weighted by atomic mass is 16.1. The lowest BCUT2D eigenvalue weighted by molar-refractivity contribution is 0.111. The van der Waals surface area contributed by atoms with E-state index in [-0.39, 0.29) is 0 Å². The topological polar surface area (TPSA) is 30.0 Å². The van der Waals surface area contributed by atoms with Gasteiger partial charge < -0.3 is 0 Å². The third-order valence-corrected chi connectivity index (χ3v) is 2.07. The molecule has 0 bridgehead atoms. The van der Waals surface area contributed by atoms with Crippen molar-refractivity contribution < 1.29 is 4.79 Å². The predicted octanol–water partition coefficient (Wildman–Crippen LogP) is 1.38. The van der Waals surface area contributed by atoms with Gasteiger partial charge in [0, 0.05) is 5.69 Å². The summed E-state index contributed by atoms with van der Waals surface area (Å²) in [7, 11) is 0. The second kappa shape index (κ2) is 2.46. The number of fused-ring (bicyclic) bond motifs is 1. The molecule has 1 aliphatic rings. The summed E-state index contributed by atoms with van der Waals surface area (Å²) in [5.41, 5.74) is 3.00. The summed E-state index contributed by atoms with van der Waals surface area (Å²) >= 11 is 0. The summed E-state index contributed by atoms with van der Waals surface area (Å²) in [5, 5.41) is 0. The molecule has 1 heterocycles. The number of hydrogen-bond donors (Lipinski definition) is 0. The van der Waals surface area contributed by atoms with E-state index in [4.69, 9.17) is 0 Å². The molecule has 0 aliphatic heterocycles. The van der Waals surface area contributed by atoms with E-state index in [1.165, 1.54) is 12.0 Å². The van der Waals surface area contributed by atoms with Crippen LogP contribution in [0.25, 0.3) is 0 Å². The molecule has 0 saturated carbocycles. The van der Waals surface area contributed by atoms with Gasteiger partial charge in [-0.3, -0.25) is 4.79 Å². The molecule has 0 unspecified atom stereocenters. The molecule has 1 aromatic rings. The summed E-state index contributed by atoms with van der Waals surface area (Å²) in [6.07, 6.45) is 4.15. The molecule has 2 rings (SSSR count). The normalized spacial score (nSPS) is 14.5. The van der Waals surface area contributed by atoms with Crippen molar-refractivity contribution in [3.63, 3.8) is 0 Å². The zero-order chi connectivity index (χ0) is 7.68. The van der Waals surface area contributed by atoms with Crippen LogP contribution in [0.5, 0.6) is 0 Å². The number of aromatic nitrogens is 1. The number of carbonyl (C=O) groups excluding carboxylic acids is 1. The van der Waals surface area contributed by atoms with Gasteiger partial charge in [-0.2, -0.15) is 0 Å². The van der Waals surface area contributed by atoms with Gasteiger partial charge in [-0.05, 0) is 30.9 Å². The highest BCUT2D eigenvalue weighted by molar-refractivity contribution is 5.71. The highest BCUT2D eigenvalue weighted by Gasteiger charge is 2.11. The van der Waals surface area contributed by atoms with Gasteiger partial charge in [0.2, 0.25) is 0 Å². The van der Waals surface area contributed by atoms with Crippen molar-refractivity contribution in [3.8, 4) is 0 Å². The average molecular weight is 147 g/mol. The third kappa shape index (κ3) is 1.04. The van der Waals surface area contributed by atoms with Crippen molar-refractivity contribution in [1.82, 2.24) is 4.98 Å². The Morgan fingerprint density at radius 2 is 2.27 bits per heavy atom. The lowest BCUT2D eigenvalue weighted by atomic mass is 10.2. The second-order valence-electron chi connectivity index (χ2n) is 2.81. The minimum atomic E-state index is 0.561. The molecule has 0 atom stereocenters. The fourth-order valence-electron chi connectivity index (χ4n) is 1.50. The molecule has 2 heteroatoms. The van der Waals surface area contributed by atoms with Crippen molar-refractivity contribution in [3.05, 3.63) is 29.1 Å². The maximum atomic E-state index is 10.3. The summed E-state index contributed by atoms with van der Waals surface area (Å²) in [5.74, 6) is 0. The molecule has 0 N–H and O–H groups in total. The van der Waals surface area contributed by atoms with Crippen LogP contribution in [0.15, 0.2) is 12.1 Å². The molecule has 0 aromatic carbocycles. The zero-order valence-electron chi connectivity index (χ0n) is 6.21. The molecule has 1 aliphatic carbocycles. The van der Waals surface area contributed by atoms with E-state index in [0.717, 1.165) is 24.8 Å². The Hall–Kier alpha value is -1.18. The number of carbonyl (C=O) groups is 1. The molecule has 11 heavy (non-hydrogen) atoms. The van der Waals surface area contributed by atoms with E-state index in [2.05, 4.69) is 4.98 Å². The van der Waals surface area contributed by atoms with E-state index in [1.54, 1.807) is 6.07 Å². The molecule has 0 spiro atoms. The average Bonchev–Trinajstić information content (AvgIpc) is 2.50. The summed E-state index contributed by atoms with van der Waals surface area (Å²) in [4.78, 5) is 14.5. The number of aldehydes is 1. The van der Waals surface area contributed by atoms with E-state index in [1.807, 2.05) is 6.07 Å². The molecule has 2 nitrogen and oxygen atoms in total. The van der Waals surface area contributed by atoms with Crippen molar-refractivity contribution in [1.29, 1.82) is 0 Å². The van der Waals surface area contributed by atoms with Crippen LogP contribution in [0.1, 0.15) is 28.2 Å². The quantitative estimate of drug-likeness (QED) is 0.562. The second-order valence-corrected chi connectivity index (χ2v) is 2.81. The number of hydrogen-bond acceptors (Lipinski definition) is 2. The summed E-state index contributed by atoms with van der Waals surface area (Å²) in [6.45, 7) is 0. The summed E-state index contributed by atoms with van der Waals surface area (Å²) < 4.78 is 0. The van der Waals surface area contributed by atoms with Gasteiger partial charge in [-0.1, -0.05) is 6.07 Å². The van der Waals surface area contributed by atoms with Gasteiger partial charge >= 0.3 is 0 Å². The first-order valence-corrected chi connectivity index (χ1v) is 3.84. The van der Waals surface area contributed by atoms with Crippen LogP contribution < -0.4 is 0 Å². The van der Waals surface area contributed by atoms with Crippen LogP contribution in [0.3, 0.4) is 0 Å². The maximum Gasteiger partial charge on any atom is 0.168 e. The lowest BCUT2D eigenvalue weighted by Crippen LogP contribution is -1.92. The molecule has 0 fully saturated rings. The van der Waals surface area contributed by atoms with Gasteiger partial charge in [0.05, 0.1) is 0 Å². The van der Waals surface area contributed by atoms with E-state index in [0.29, 0.717) is 5.69 Å². The van der Waals surface area contributed by atoms with Crippen LogP contribution in [0.2, 0.25) is 0 Å². The molecule has 0 saturated heterocycles. The zero-order valence-corrected chi connectivity index (χ0v) is 6.21. The van der Waals surface area contributed by atoms with Crippen molar-refractivity contribution in [2.24, 2.45) is 0 Å².